The number of hydrogen-bond donors (Lipinski definition) is 2. The Morgan fingerprint density at radius 1 is 1.60 bits per heavy atom. The molecule has 2 N–H and O–H groups in total. The summed E-state index contributed by atoms with van der Waals surface area (Å²) >= 11 is 0. The second-order valence-electron chi connectivity index (χ2n) is 3.99. The van der Waals surface area contributed by atoms with Gasteiger partial charge in [-0.1, -0.05) is 6.92 Å². The van der Waals surface area contributed by atoms with Gasteiger partial charge in [-0.3, -0.25) is 4.68 Å². The highest BCUT2D eigenvalue weighted by Crippen LogP contribution is 2.16. The first-order valence-electron chi connectivity index (χ1n) is 5.45. The molecule has 1 rings (SSSR count). The van der Waals surface area contributed by atoms with Gasteiger partial charge >= 0.3 is 0 Å². The summed E-state index contributed by atoms with van der Waals surface area (Å²) in [5.74, 6) is 0. The van der Waals surface area contributed by atoms with Crippen molar-refractivity contribution in [3.8, 4) is 0 Å². The number of hydrogen-bond acceptors (Lipinski definition) is 3. The summed E-state index contributed by atoms with van der Waals surface area (Å²) in [6, 6.07) is 0.399. The monoisotopic (exact) mass is 211 g/mol. The number of aryl methyl sites for hydroxylation is 1. The van der Waals surface area contributed by atoms with E-state index in [0.29, 0.717) is 0 Å². The fraction of sp³-hybridized carbons (Fsp3) is 0.727. The van der Waals surface area contributed by atoms with Crippen molar-refractivity contribution < 1.29 is 5.11 Å². The number of nitrogens with one attached hydrogen (secondary N) is 1. The molecule has 0 saturated carbocycles. The maximum absolute atomic E-state index is 9.11. The van der Waals surface area contributed by atoms with Crippen LogP contribution in [0.25, 0.3) is 0 Å². The Balaban J connectivity index is 2.68. The molecule has 0 amide bonds. The summed E-state index contributed by atoms with van der Waals surface area (Å²) in [6.45, 7) is 6.40. The summed E-state index contributed by atoms with van der Waals surface area (Å²) in [7, 11) is 1.94. The van der Waals surface area contributed by atoms with Gasteiger partial charge in [0, 0.05) is 30.4 Å². The third-order valence-corrected chi connectivity index (χ3v) is 2.94. The van der Waals surface area contributed by atoms with Crippen molar-refractivity contribution in [1.29, 1.82) is 0 Å². The van der Waals surface area contributed by atoms with E-state index in [1.807, 2.05) is 17.9 Å². The minimum atomic E-state index is 0.166. The van der Waals surface area contributed by atoms with Crippen molar-refractivity contribution in [2.75, 3.05) is 6.61 Å². The van der Waals surface area contributed by atoms with Gasteiger partial charge < -0.3 is 10.4 Å². The van der Waals surface area contributed by atoms with Crippen LogP contribution in [0.3, 0.4) is 0 Å². The van der Waals surface area contributed by atoms with E-state index in [2.05, 4.69) is 31.2 Å². The van der Waals surface area contributed by atoms with E-state index in [-0.39, 0.29) is 18.7 Å². The Bertz CT molecular complexity index is 305. The smallest absolute Gasteiger partial charge is 0.0584 e. The minimum Gasteiger partial charge on any atom is -0.395 e. The third-order valence-electron chi connectivity index (χ3n) is 2.94. The zero-order valence-electron chi connectivity index (χ0n) is 9.99. The molecule has 15 heavy (non-hydrogen) atoms. The molecule has 4 nitrogen and oxygen atoms in total. The van der Waals surface area contributed by atoms with Gasteiger partial charge in [0.15, 0.2) is 0 Å². The maximum Gasteiger partial charge on any atom is 0.0584 e. The summed E-state index contributed by atoms with van der Waals surface area (Å²) in [5.41, 5.74) is 2.37. The van der Waals surface area contributed by atoms with E-state index in [0.717, 1.165) is 6.42 Å². The molecule has 0 aliphatic rings. The van der Waals surface area contributed by atoms with Gasteiger partial charge in [0.2, 0.25) is 0 Å². The topological polar surface area (TPSA) is 50.1 Å². The summed E-state index contributed by atoms with van der Waals surface area (Å²) in [5, 5.41) is 16.7. The molecule has 1 heterocycles. The zero-order chi connectivity index (χ0) is 11.4. The Hall–Kier alpha value is -0.870. The van der Waals surface area contributed by atoms with Crippen molar-refractivity contribution in [1.82, 2.24) is 15.1 Å². The lowest BCUT2D eigenvalue weighted by atomic mass is 10.1. The number of aliphatic hydroxyl groups excluding tert-OH is 1. The highest BCUT2D eigenvalue weighted by molar-refractivity contribution is 5.19. The SMILES string of the molecule is CCC(CO)NC(C)c1cnn(C)c1C. The van der Waals surface area contributed by atoms with Gasteiger partial charge in [-0.15, -0.1) is 0 Å². The standard InChI is InChI=1S/C11H21N3O/c1-5-10(7-15)13-8(2)11-6-12-14(4)9(11)3/h6,8,10,13,15H,5,7H2,1-4H3. The van der Waals surface area contributed by atoms with Crippen LogP contribution in [0.15, 0.2) is 6.20 Å². The van der Waals surface area contributed by atoms with Crippen LogP contribution in [0.1, 0.15) is 37.6 Å². The lowest BCUT2D eigenvalue weighted by Gasteiger charge is -2.20. The normalized spacial score (nSPS) is 15.3. The van der Waals surface area contributed by atoms with Crippen molar-refractivity contribution in [3.05, 3.63) is 17.5 Å². The first-order valence-corrected chi connectivity index (χ1v) is 5.45. The molecule has 2 atom stereocenters. The molecule has 4 heteroatoms. The fourth-order valence-corrected chi connectivity index (χ4v) is 1.68. The Kier molecular flexibility index (Phi) is 4.29. The van der Waals surface area contributed by atoms with Crippen LogP contribution in [0.4, 0.5) is 0 Å². The quantitative estimate of drug-likeness (QED) is 0.768. The third kappa shape index (κ3) is 2.79. The fourth-order valence-electron chi connectivity index (χ4n) is 1.68. The van der Waals surface area contributed by atoms with Crippen LogP contribution in [-0.4, -0.2) is 27.5 Å². The molecule has 0 fully saturated rings. The van der Waals surface area contributed by atoms with E-state index >= 15 is 0 Å². The summed E-state index contributed by atoms with van der Waals surface area (Å²) in [4.78, 5) is 0. The van der Waals surface area contributed by atoms with E-state index < -0.39 is 0 Å². The highest BCUT2D eigenvalue weighted by Gasteiger charge is 2.14. The van der Waals surface area contributed by atoms with Crippen molar-refractivity contribution in [2.24, 2.45) is 7.05 Å². The van der Waals surface area contributed by atoms with Crippen LogP contribution in [-0.2, 0) is 7.05 Å². The van der Waals surface area contributed by atoms with E-state index in [4.69, 9.17) is 5.11 Å². The van der Waals surface area contributed by atoms with Gasteiger partial charge in [0.25, 0.3) is 0 Å². The molecular weight excluding hydrogens is 190 g/mol. The van der Waals surface area contributed by atoms with Gasteiger partial charge in [0.05, 0.1) is 12.8 Å². The molecule has 0 radical (unpaired) electrons. The Morgan fingerprint density at radius 3 is 2.67 bits per heavy atom. The van der Waals surface area contributed by atoms with Crippen LogP contribution < -0.4 is 5.32 Å². The lowest BCUT2D eigenvalue weighted by Crippen LogP contribution is -2.34. The van der Waals surface area contributed by atoms with Gasteiger partial charge in [0.1, 0.15) is 0 Å². The van der Waals surface area contributed by atoms with Gasteiger partial charge in [-0.25, -0.2) is 0 Å². The predicted octanol–water partition coefficient (Wildman–Crippen LogP) is 1.15. The average molecular weight is 211 g/mol. The van der Waals surface area contributed by atoms with Crippen molar-refractivity contribution >= 4 is 0 Å². The highest BCUT2D eigenvalue weighted by atomic mass is 16.3. The van der Waals surface area contributed by atoms with Crippen molar-refractivity contribution in [3.63, 3.8) is 0 Å². The molecular formula is C11H21N3O. The summed E-state index contributed by atoms with van der Waals surface area (Å²) < 4.78 is 1.87. The molecule has 86 valence electrons. The number of rotatable bonds is 5. The van der Waals surface area contributed by atoms with Crippen LogP contribution in [0.5, 0.6) is 0 Å². The molecule has 2 unspecified atom stereocenters. The largest absolute Gasteiger partial charge is 0.395 e. The molecule has 1 aromatic rings. The molecule has 1 aromatic heterocycles. The number of aromatic nitrogens is 2. The van der Waals surface area contributed by atoms with Crippen LogP contribution in [0.2, 0.25) is 0 Å². The Labute approximate surface area is 91.3 Å². The van der Waals surface area contributed by atoms with Crippen LogP contribution in [0, 0.1) is 6.92 Å². The minimum absolute atomic E-state index is 0.166. The van der Waals surface area contributed by atoms with Gasteiger partial charge in [-0.05, 0) is 20.3 Å². The summed E-state index contributed by atoms with van der Waals surface area (Å²) in [6.07, 6.45) is 2.82. The molecule has 0 aromatic carbocycles. The second kappa shape index (κ2) is 5.28. The van der Waals surface area contributed by atoms with E-state index in [1.165, 1.54) is 11.3 Å². The lowest BCUT2D eigenvalue weighted by molar-refractivity contribution is 0.230. The Morgan fingerprint density at radius 2 is 2.27 bits per heavy atom. The van der Waals surface area contributed by atoms with E-state index in [9.17, 15) is 0 Å². The van der Waals surface area contributed by atoms with E-state index in [1.54, 1.807) is 0 Å². The van der Waals surface area contributed by atoms with Crippen LogP contribution >= 0.6 is 0 Å². The molecule has 0 aliphatic carbocycles. The average Bonchev–Trinajstić information content (AvgIpc) is 2.56. The number of aliphatic hydroxyl groups is 1. The number of nitrogens with zero attached hydrogens (tertiary/aromatic N) is 2. The zero-order valence-corrected chi connectivity index (χ0v) is 9.99. The van der Waals surface area contributed by atoms with Crippen molar-refractivity contribution in [2.45, 2.75) is 39.3 Å². The molecule has 0 aliphatic heterocycles. The van der Waals surface area contributed by atoms with Gasteiger partial charge in [-0.2, -0.15) is 5.10 Å². The molecule has 0 spiro atoms. The molecule has 0 saturated heterocycles. The first-order chi connectivity index (χ1) is 7.10. The predicted molar refractivity (Wildman–Crippen MR) is 60.7 cm³/mol. The maximum atomic E-state index is 9.11. The molecule has 0 bridgehead atoms. The first kappa shape index (κ1) is 12.2. The second-order valence-corrected chi connectivity index (χ2v) is 3.99.